The van der Waals surface area contributed by atoms with Crippen LogP contribution in [-0.4, -0.2) is 47.9 Å². The van der Waals surface area contributed by atoms with E-state index in [0.717, 1.165) is 35.7 Å². The van der Waals surface area contributed by atoms with Crippen LogP contribution in [-0.2, 0) is 4.79 Å². The molecule has 0 unspecified atom stereocenters. The largest absolute Gasteiger partial charge is 0.484 e. The Bertz CT molecular complexity index is 1180. The Hall–Kier alpha value is -2.84. The van der Waals surface area contributed by atoms with Crippen molar-refractivity contribution in [3.8, 4) is 11.4 Å². The molecule has 0 bridgehead atoms. The van der Waals surface area contributed by atoms with Crippen molar-refractivity contribution in [3.05, 3.63) is 77.1 Å². The predicted molar refractivity (Wildman–Crippen MR) is 154 cm³/mol. The molecular weight excluding hydrogens is 488 g/mol. The zero-order chi connectivity index (χ0) is 25.5. The number of carbonyl (C=O) groups is 1. The van der Waals surface area contributed by atoms with Gasteiger partial charge in [-0.25, -0.2) is 5.43 Å². The highest BCUT2D eigenvalue weighted by Gasteiger charge is 2.18. The fourth-order valence-corrected chi connectivity index (χ4v) is 7.20. The summed E-state index contributed by atoms with van der Waals surface area (Å²) in [5.41, 5.74) is 9.32. The van der Waals surface area contributed by atoms with Gasteiger partial charge in [0.15, 0.2) is 6.61 Å². The lowest BCUT2D eigenvalue weighted by atomic mass is 10.2. The molecule has 190 valence electrons. The van der Waals surface area contributed by atoms with Crippen LogP contribution in [0.15, 0.2) is 59.7 Å². The quantitative estimate of drug-likeness (QED) is 0.263. The van der Waals surface area contributed by atoms with Gasteiger partial charge in [-0.05, 0) is 75.7 Å². The van der Waals surface area contributed by atoms with Gasteiger partial charge in [-0.1, -0.05) is 12.1 Å². The van der Waals surface area contributed by atoms with Crippen LogP contribution in [0.5, 0.6) is 5.75 Å². The number of nitrogens with zero attached hydrogens (tertiary/aromatic N) is 3. The maximum absolute atomic E-state index is 12.2. The molecule has 0 radical (unpaired) electrons. The Labute approximate surface area is 222 Å². The van der Waals surface area contributed by atoms with Crippen molar-refractivity contribution >= 4 is 41.3 Å². The van der Waals surface area contributed by atoms with Crippen LogP contribution in [0.2, 0.25) is 0 Å². The molecule has 2 aromatic carbocycles. The van der Waals surface area contributed by atoms with Crippen molar-refractivity contribution in [1.29, 1.82) is 0 Å². The van der Waals surface area contributed by atoms with Gasteiger partial charge in [0.25, 0.3) is 5.91 Å². The molecule has 0 atom stereocenters. The molecule has 0 aliphatic carbocycles. The lowest BCUT2D eigenvalue weighted by molar-refractivity contribution is -0.123. The maximum Gasteiger partial charge on any atom is 0.277 e. The second kappa shape index (κ2) is 12.4. The van der Waals surface area contributed by atoms with Gasteiger partial charge >= 0.3 is 0 Å². The van der Waals surface area contributed by atoms with Gasteiger partial charge in [0, 0.05) is 52.9 Å². The first-order valence-corrected chi connectivity index (χ1v) is 14.4. The standard InChI is InChI=1S/C28H34N4O2S2/c1-5-31(6-2)24-9-11-25(12-10-24)32-20(3)17-23(21(32)4)18-29-30-27(33)19-34-26-13-7-22(8-14-26)28-35-15-16-36-28/h7-14,17-18,28H,5-6,15-16,19H2,1-4H3,(H,30,33)/b29-18-. The average molecular weight is 523 g/mol. The second-order valence-electron chi connectivity index (χ2n) is 8.57. The van der Waals surface area contributed by atoms with Gasteiger partial charge in [-0.15, -0.1) is 23.5 Å². The molecular formula is C28H34N4O2S2. The Morgan fingerprint density at radius 2 is 1.75 bits per heavy atom. The third-order valence-electron chi connectivity index (χ3n) is 6.24. The van der Waals surface area contributed by atoms with E-state index in [1.807, 2.05) is 35.7 Å². The van der Waals surface area contributed by atoms with Gasteiger partial charge in [-0.3, -0.25) is 4.79 Å². The molecule has 1 amide bonds. The van der Waals surface area contributed by atoms with Crippen molar-refractivity contribution in [2.45, 2.75) is 32.3 Å². The summed E-state index contributed by atoms with van der Waals surface area (Å²) < 4.78 is 8.33. The van der Waals surface area contributed by atoms with E-state index in [9.17, 15) is 4.79 Å². The lowest BCUT2D eigenvalue weighted by Crippen LogP contribution is -2.24. The summed E-state index contributed by atoms with van der Waals surface area (Å²) >= 11 is 3.94. The number of aromatic nitrogens is 1. The van der Waals surface area contributed by atoms with E-state index in [1.54, 1.807) is 6.21 Å². The molecule has 4 rings (SSSR count). The van der Waals surface area contributed by atoms with E-state index in [4.69, 9.17) is 4.74 Å². The molecule has 6 nitrogen and oxygen atoms in total. The second-order valence-corrected chi connectivity index (χ2v) is 11.3. The molecule has 3 aromatic rings. The molecule has 1 aliphatic rings. The summed E-state index contributed by atoms with van der Waals surface area (Å²) in [4.78, 5) is 14.6. The number of hydrogen-bond acceptors (Lipinski definition) is 6. The fraction of sp³-hybridized carbons (Fsp3) is 0.357. The number of ether oxygens (including phenoxy) is 1. The number of thioether (sulfide) groups is 2. The number of amides is 1. The molecule has 1 aromatic heterocycles. The topological polar surface area (TPSA) is 58.9 Å². The Balaban J connectivity index is 1.32. The highest BCUT2D eigenvalue weighted by molar-refractivity contribution is 8.19. The van der Waals surface area contributed by atoms with Gasteiger partial charge in [0.05, 0.1) is 10.8 Å². The van der Waals surface area contributed by atoms with E-state index in [0.29, 0.717) is 10.3 Å². The smallest absolute Gasteiger partial charge is 0.277 e. The van der Waals surface area contributed by atoms with Gasteiger partial charge < -0.3 is 14.2 Å². The van der Waals surface area contributed by atoms with Crippen LogP contribution in [0, 0.1) is 13.8 Å². The number of benzene rings is 2. The van der Waals surface area contributed by atoms with Crippen molar-refractivity contribution in [1.82, 2.24) is 9.99 Å². The van der Waals surface area contributed by atoms with Gasteiger partial charge in [0.1, 0.15) is 5.75 Å². The molecule has 0 saturated carbocycles. The van der Waals surface area contributed by atoms with E-state index < -0.39 is 0 Å². The molecule has 1 fully saturated rings. The van der Waals surface area contributed by atoms with E-state index in [2.05, 4.69) is 90.2 Å². The Morgan fingerprint density at radius 1 is 1.08 bits per heavy atom. The predicted octanol–water partition coefficient (Wildman–Crippen LogP) is 5.95. The summed E-state index contributed by atoms with van der Waals surface area (Å²) in [5, 5.41) is 4.16. The van der Waals surface area contributed by atoms with Crippen LogP contribution in [0.3, 0.4) is 0 Å². The van der Waals surface area contributed by atoms with E-state index in [1.165, 1.54) is 22.8 Å². The van der Waals surface area contributed by atoms with Crippen molar-refractivity contribution in [3.63, 3.8) is 0 Å². The minimum atomic E-state index is -0.293. The summed E-state index contributed by atoms with van der Waals surface area (Å²) in [7, 11) is 0. The van der Waals surface area contributed by atoms with Crippen LogP contribution < -0.4 is 15.1 Å². The van der Waals surface area contributed by atoms with E-state index in [-0.39, 0.29) is 12.5 Å². The Kier molecular flexibility index (Phi) is 9.04. The van der Waals surface area contributed by atoms with E-state index >= 15 is 0 Å². The highest BCUT2D eigenvalue weighted by atomic mass is 32.2. The van der Waals surface area contributed by atoms with Crippen molar-refractivity contribution in [2.24, 2.45) is 5.10 Å². The maximum atomic E-state index is 12.2. The average Bonchev–Trinajstić information content (AvgIpc) is 3.53. The Morgan fingerprint density at radius 3 is 2.39 bits per heavy atom. The molecule has 1 aliphatic heterocycles. The normalized spacial score (nSPS) is 13.9. The van der Waals surface area contributed by atoms with Crippen LogP contribution in [0.1, 0.15) is 40.9 Å². The zero-order valence-corrected chi connectivity index (χ0v) is 23.0. The molecule has 1 saturated heterocycles. The van der Waals surface area contributed by atoms with Crippen LogP contribution >= 0.6 is 23.5 Å². The SMILES string of the molecule is CCN(CC)c1ccc(-n2c(C)cc(/C=N\NC(=O)COc3ccc(C4SCCS4)cc3)c2C)cc1. The monoisotopic (exact) mass is 522 g/mol. The molecule has 36 heavy (non-hydrogen) atoms. The fourth-order valence-electron chi connectivity index (χ4n) is 4.34. The molecule has 2 heterocycles. The minimum Gasteiger partial charge on any atom is -0.484 e. The summed E-state index contributed by atoms with van der Waals surface area (Å²) in [6.07, 6.45) is 1.69. The number of hydrogen-bond donors (Lipinski definition) is 1. The van der Waals surface area contributed by atoms with Crippen LogP contribution in [0.25, 0.3) is 5.69 Å². The highest BCUT2D eigenvalue weighted by Crippen LogP contribution is 2.45. The number of anilines is 1. The van der Waals surface area contributed by atoms with Gasteiger partial charge in [0.2, 0.25) is 0 Å². The third kappa shape index (κ3) is 6.28. The van der Waals surface area contributed by atoms with Crippen LogP contribution in [0.4, 0.5) is 5.69 Å². The number of nitrogens with one attached hydrogen (secondary N) is 1. The summed E-state index contributed by atoms with van der Waals surface area (Å²) in [6, 6.07) is 18.7. The molecule has 8 heteroatoms. The molecule has 1 N–H and O–H groups in total. The summed E-state index contributed by atoms with van der Waals surface area (Å²) in [5.74, 6) is 2.78. The third-order valence-corrected chi connectivity index (χ3v) is 9.35. The number of hydrazone groups is 1. The molecule has 0 spiro atoms. The van der Waals surface area contributed by atoms with Crippen molar-refractivity contribution < 1.29 is 9.53 Å². The first kappa shape index (κ1) is 26.2. The number of aryl methyl sites for hydroxylation is 1. The zero-order valence-electron chi connectivity index (χ0n) is 21.4. The van der Waals surface area contributed by atoms with Gasteiger partial charge in [-0.2, -0.15) is 5.10 Å². The first-order valence-electron chi connectivity index (χ1n) is 12.3. The summed E-state index contributed by atoms with van der Waals surface area (Å²) in [6.45, 7) is 10.4. The number of carbonyl (C=O) groups excluding carboxylic acids is 1. The lowest BCUT2D eigenvalue weighted by Gasteiger charge is -2.21. The van der Waals surface area contributed by atoms with Crippen molar-refractivity contribution in [2.75, 3.05) is 36.1 Å². The number of rotatable bonds is 10. The first-order chi connectivity index (χ1) is 17.5. The minimum absolute atomic E-state index is 0.0818.